The number of benzene rings is 2. The molecule has 5 rings (SSSR count). The van der Waals surface area contributed by atoms with E-state index in [1.54, 1.807) is 18.3 Å². The number of ether oxygens (including phenoxy) is 1. The molecule has 1 aliphatic rings. The summed E-state index contributed by atoms with van der Waals surface area (Å²) >= 11 is 5.81. The quantitative estimate of drug-likeness (QED) is 0.243. The Bertz CT molecular complexity index is 1380. The van der Waals surface area contributed by atoms with Crippen molar-refractivity contribution in [3.63, 3.8) is 0 Å². The number of esters is 1. The van der Waals surface area contributed by atoms with Gasteiger partial charge in [0.05, 0.1) is 24.4 Å². The van der Waals surface area contributed by atoms with Crippen LogP contribution in [0.4, 0.5) is 5.69 Å². The Hall–Kier alpha value is -3.97. The van der Waals surface area contributed by atoms with Gasteiger partial charge in [-0.05, 0) is 72.2 Å². The van der Waals surface area contributed by atoms with E-state index in [4.69, 9.17) is 21.4 Å². The SMILES string of the molecule is COC(=O)c1cccc(-c2ccc([C@H]3[C@@H](c4ccccn4)NC(=S)N3c3ccc(C(C)C)cc3)o2)c1. The molecule has 1 N–H and O–H groups in total. The molecule has 3 heterocycles. The van der Waals surface area contributed by atoms with Crippen LogP contribution < -0.4 is 10.2 Å². The Morgan fingerprint density at radius 1 is 1.06 bits per heavy atom. The second kappa shape index (κ2) is 9.95. The number of nitrogens with zero attached hydrogens (tertiary/aromatic N) is 2. The van der Waals surface area contributed by atoms with Crippen molar-refractivity contribution in [1.82, 2.24) is 10.3 Å². The lowest BCUT2D eigenvalue weighted by molar-refractivity contribution is 0.0601. The van der Waals surface area contributed by atoms with Crippen LogP contribution in [-0.4, -0.2) is 23.2 Å². The molecule has 1 fully saturated rings. The zero-order valence-electron chi connectivity index (χ0n) is 20.3. The number of thiocarbonyl (C=S) groups is 1. The van der Waals surface area contributed by atoms with Gasteiger partial charge in [-0.1, -0.05) is 44.2 Å². The summed E-state index contributed by atoms with van der Waals surface area (Å²) in [6, 6.07) is 25.0. The maximum atomic E-state index is 12.0. The van der Waals surface area contributed by atoms with Crippen molar-refractivity contribution in [2.24, 2.45) is 0 Å². The molecule has 6 nitrogen and oxygen atoms in total. The van der Waals surface area contributed by atoms with E-state index in [1.807, 2.05) is 42.5 Å². The molecular weight excluding hydrogens is 470 g/mol. The average molecular weight is 498 g/mol. The van der Waals surface area contributed by atoms with E-state index < -0.39 is 0 Å². The predicted octanol–water partition coefficient (Wildman–Crippen LogP) is 6.43. The third-order valence-electron chi connectivity index (χ3n) is 6.42. The van der Waals surface area contributed by atoms with Gasteiger partial charge >= 0.3 is 5.97 Å². The first kappa shape index (κ1) is 23.8. The molecular formula is C29H27N3O3S. The summed E-state index contributed by atoms with van der Waals surface area (Å²) in [5, 5.41) is 4.07. The molecule has 0 saturated carbocycles. The molecule has 2 atom stereocenters. The second-order valence-electron chi connectivity index (χ2n) is 9.02. The fraction of sp³-hybridized carbons (Fsp3) is 0.207. The zero-order valence-corrected chi connectivity index (χ0v) is 21.2. The number of carbonyl (C=O) groups is 1. The van der Waals surface area contributed by atoms with Gasteiger partial charge in [-0.15, -0.1) is 0 Å². The summed E-state index contributed by atoms with van der Waals surface area (Å²) in [6.45, 7) is 4.35. The number of rotatable bonds is 6. The van der Waals surface area contributed by atoms with E-state index in [1.165, 1.54) is 12.7 Å². The topological polar surface area (TPSA) is 67.6 Å². The molecule has 0 amide bonds. The standard InChI is InChI=1S/C29H27N3O3S/c1-18(2)19-10-12-22(13-11-19)32-27(26(31-29(32)36)23-9-4-5-16-30-23)25-15-14-24(35-25)20-7-6-8-21(17-20)28(33)34-3/h4-18,26-27H,1-3H3,(H,31,36)/t26-,27+/m1/s1. The van der Waals surface area contributed by atoms with Crippen LogP contribution in [0.25, 0.3) is 11.3 Å². The van der Waals surface area contributed by atoms with E-state index in [2.05, 4.69) is 53.3 Å². The molecule has 1 aliphatic heterocycles. The van der Waals surface area contributed by atoms with Crippen molar-refractivity contribution >= 4 is 29.0 Å². The van der Waals surface area contributed by atoms with Gasteiger partial charge in [-0.3, -0.25) is 4.98 Å². The summed E-state index contributed by atoms with van der Waals surface area (Å²) in [7, 11) is 1.37. The van der Waals surface area contributed by atoms with Crippen LogP contribution >= 0.6 is 12.2 Å². The molecule has 7 heteroatoms. The van der Waals surface area contributed by atoms with Gasteiger partial charge in [-0.25, -0.2) is 4.79 Å². The number of methoxy groups -OCH3 is 1. The Labute approximate surface area is 215 Å². The molecule has 0 radical (unpaired) electrons. The number of anilines is 1. The minimum absolute atomic E-state index is 0.205. The zero-order chi connectivity index (χ0) is 25.2. The van der Waals surface area contributed by atoms with Crippen molar-refractivity contribution in [1.29, 1.82) is 0 Å². The van der Waals surface area contributed by atoms with Gasteiger partial charge in [-0.2, -0.15) is 0 Å². The summed E-state index contributed by atoms with van der Waals surface area (Å²) in [5.74, 6) is 1.45. The molecule has 4 aromatic rings. The van der Waals surface area contributed by atoms with Crippen molar-refractivity contribution in [2.75, 3.05) is 12.0 Å². The van der Waals surface area contributed by atoms with E-state index in [0.29, 0.717) is 22.4 Å². The van der Waals surface area contributed by atoms with Crippen LogP contribution in [0.5, 0.6) is 0 Å². The third kappa shape index (κ3) is 4.50. The smallest absolute Gasteiger partial charge is 0.337 e. The van der Waals surface area contributed by atoms with Crippen LogP contribution in [0, 0.1) is 0 Å². The van der Waals surface area contributed by atoms with Crippen molar-refractivity contribution in [3.05, 3.63) is 108 Å². The van der Waals surface area contributed by atoms with Crippen LogP contribution in [0.1, 0.15) is 59.2 Å². The number of carbonyl (C=O) groups excluding carboxylic acids is 1. The first-order chi connectivity index (χ1) is 17.5. The molecule has 0 unspecified atom stereocenters. The Kier molecular flexibility index (Phi) is 6.57. The average Bonchev–Trinajstić information content (AvgIpc) is 3.53. The number of pyridine rings is 1. The van der Waals surface area contributed by atoms with E-state index in [-0.39, 0.29) is 18.1 Å². The maximum absolute atomic E-state index is 12.0. The highest BCUT2D eigenvalue weighted by Crippen LogP contribution is 2.43. The van der Waals surface area contributed by atoms with Gasteiger partial charge in [0, 0.05) is 17.4 Å². The largest absolute Gasteiger partial charge is 0.465 e. The monoisotopic (exact) mass is 497 g/mol. The lowest BCUT2D eigenvalue weighted by Crippen LogP contribution is -2.29. The highest BCUT2D eigenvalue weighted by atomic mass is 32.1. The lowest BCUT2D eigenvalue weighted by atomic mass is 10.0. The third-order valence-corrected chi connectivity index (χ3v) is 6.74. The van der Waals surface area contributed by atoms with Gasteiger partial charge < -0.3 is 19.4 Å². The minimum Gasteiger partial charge on any atom is -0.465 e. The predicted molar refractivity (Wildman–Crippen MR) is 144 cm³/mol. The molecule has 0 aliphatic carbocycles. The number of hydrogen-bond donors (Lipinski definition) is 1. The molecule has 2 aromatic heterocycles. The highest BCUT2D eigenvalue weighted by Gasteiger charge is 2.42. The highest BCUT2D eigenvalue weighted by molar-refractivity contribution is 7.80. The number of hydrogen-bond acceptors (Lipinski definition) is 5. The Morgan fingerprint density at radius 3 is 2.56 bits per heavy atom. The van der Waals surface area contributed by atoms with Crippen molar-refractivity contribution in [2.45, 2.75) is 31.8 Å². The van der Waals surface area contributed by atoms with Crippen molar-refractivity contribution in [3.8, 4) is 11.3 Å². The molecule has 1 saturated heterocycles. The van der Waals surface area contributed by atoms with Crippen molar-refractivity contribution < 1.29 is 13.9 Å². The molecule has 2 aromatic carbocycles. The molecule has 0 spiro atoms. The Balaban J connectivity index is 1.56. The van der Waals surface area contributed by atoms with Crippen LogP contribution in [0.3, 0.4) is 0 Å². The van der Waals surface area contributed by atoms with Crippen LogP contribution in [0.15, 0.2) is 89.5 Å². The summed E-state index contributed by atoms with van der Waals surface area (Å²) in [6.07, 6.45) is 1.78. The number of furan rings is 1. The van der Waals surface area contributed by atoms with Gasteiger partial charge in [0.25, 0.3) is 0 Å². The first-order valence-corrected chi connectivity index (χ1v) is 12.3. The normalized spacial score (nSPS) is 17.3. The molecule has 182 valence electrons. The van der Waals surface area contributed by atoms with Crippen LogP contribution in [-0.2, 0) is 4.74 Å². The van der Waals surface area contributed by atoms with Gasteiger partial charge in [0.15, 0.2) is 5.11 Å². The minimum atomic E-state index is -0.389. The fourth-order valence-electron chi connectivity index (χ4n) is 4.53. The summed E-state index contributed by atoms with van der Waals surface area (Å²) in [4.78, 5) is 18.7. The lowest BCUT2D eigenvalue weighted by Gasteiger charge is -2.26. The fourth-order valence-corrected chi connectivity index (χ4v) is 4.87. The van der Waals surface area contributed by atoms with Gasteiger partial charge in [0.2, 0.25) is 0 Å². The van der Waals surface area contributed by atoms with Crippen LogP contribution in [0.2, 0.25) is 0 Å². The second-order valence-corrected chi connectivity index (χ2v) is 9.40. The Morgan fingerprint density at radius 2 is 1.86 bits per heavy atom. The van der Waals surface area contributed by atoms with E-state index in [0.717, 1.165) is 22.7 Å². The van der Waals surface area contributed by atoms with E-state index >= 15 is 0 Å². The first-order valence-electron chi connectivity index (χ1n) is 11.9. The molecule has 0 bridgehead atoms. The summed E-state index contributed by atoms with van der Waals surface area (Å²) in [5.41, 5.74) is 4.37. The number of aromatic nitrogens is 1. The number of nitrogens with one attached hydrogen (secondary N) is 1. The van der Waals surface area contributed by atoms with E-state index in [9.17, 15) is 4.79 Å². The molecule has 36 heavy (non-hydrogen) atoms. The van der Waals surface area contributed by atoms with Gasteiger partial charge in [0.1, 0.15) is 17.6 Å². The maximum Gasteiger partial charge on any atom is 0.337 e. The summed E-state index contributed by atoms with van der Waals surface area (Å²) < 4.78 is 11.3.